The maximum Gasteiger partial charge on any atom is 0.326 e. The van der Waals surface area contributed by atoms with Gasteiger partial charge in [-0.15, -0.1) is 0 Å². The Hall–Kier alpha value is -2.63. The Morgan fingerprint density at radius 3 is 2.68 bits per heavy atom. The molecule has 0 saturated carbocycles. The molecular weight excluding hydrogens is 282 g/mol. The largest absolute Gasteiger partial charge is 0.480 e. The number of rotatable bonds is 5. The number of carboxylic acids is 1. The Labute approximate surface area is 128 Å². The summed E-state index contributed by atoms with van der Waals surface area (Å²) in [7, 11) is 0. The van der Waals surface area contributed by atoms with Crippen molar-refractivity contribution in [3.63, 3.8) is 0 Å². The summed E-state index contributed by atoms with van der Waals surface area (Å²) in [5.41, 5.74) is 3.00. The summed E-state index contributed by atoms with van der Waals surface area (Å²) in [4.78, 5) is 23.2. The Morgan fingerprint density at radius 1 is 1.36 bits per heavy atom. The van der Waals surface area contributed by atoms with Crippen molar-refractivity contribution in [3.8, 4) is 5.69 Å². The quantitative estimate of drug-likeness (QED) is 0.885. The van der Waals surface area contributed by atoms with Crippen LogP contribution in [0.1, 0.15) is 35.0 Å². The zero-order valence-corrected chi connectivity index (χ0v) is 12.8. The molecule has 1 unspecified atom stereocenters. The van der Waals surface area contributed by atoms with Crippen LogP contribution in [-0.4, -0.2) is 32.8 Å². The molecule has 0 radical (unpaired) electrons. The zero-order chi connectivity index (χ0) is 16.3. The Morgan fingerprint density at radius 2 is 2.09 bits per heavy atom. The minimum Gasteiger partial charge on any atom is -0.480 e. The lowest BCUT2D eigenvalue weighted by molar-refractivity contribution is -0.139. The third kappa shape index (κ3) is 3.16. The van der Waals surface area contributed by atoms with E-state index < -0.39 is 17.9 Å². The van der Waals surface area contributed by atoms with Crippen molar-refractivity contribution in [1.82, 2.24) is 15.1 Å². The minimum absolute atomic E-state index is 0.326. The third-order valence-corrected chi connectivity index (χ3v) is 3.51. The molecule has 0 fully saturated rings. The lowest BCUT2D eigenvalue weighted by Gasteiger charge is -2.12. The molecule has 22 heavy (non-hydrogen) atoms. The van der Waals surface area contributed by atoms with Gasteiger partial charge in [0.25, 0.3) is 5.91 Å². The van der Waals surface area contributed by atoms with Gasteiger partial charge in [-0.1, -0.05) is 19.1 Å². The predicted octanol–water partition coefficient (Wildman–Crippen LogP) is 2.08. The van der Waals surface area contributed by atoms with E-state index in [0.717, 1.165) is 11.3 Å². The average Bonchev–Trinajstić information content (AvgIpc) is 2.86. The highest BCUT2D eigenvalue weighted by molar-refractivity contribution is 5.97. The molecule has 0 aliphatic heterocycles. The normalized spacial score (nSPS) is 12.0. The molecule has 0 spiro atoms. The number of carbonyl (C=O) groups excluding carboxylic acids is 1. The molecule has 1 heterocycles. The molecule has 2 aromatic rings. The van der Waals surface area contributed by atoms with Gasteiger partial charge in [-0.2, -0.15) is 5.10 Å². The number of aromatic nitrogens is 2. The summed E-state index contributed by atoms with van der Waals surface area (Å²) >= 11 is 0. The second-order valence-corrected chi connectivity index (χ2v) is 5.17. The van der Waals surface area contributed by atoms with E-state index in [2.05, 4.69) is 10.4 Å². The summed E-state index contributed by atoms with van der Waals surface area (Å²) in [5.74, 6) is -1.47. The highest BCUT2D eigenvalue weighted by atomic mass is 16.4. The number of aryl methyl sites for hydroxylation is 1. The Kier molecular flexibility index (Phi) is 4.60. The summed E-state index contributed by atoms with van der Waals surface area (Å²) in [6.45, 7) is 5.47. The van der Waals surface area contributed by atoms with Gasteiger partial charge in [0.05, 0.1) is 23.1 Å². The molecule has 1 atom stereocenters. The van der Waals surface area contributed by atoms with Crippen molar-refractivity contribution >= 4 is 11.9 Å². The van der Waals surface area contributed by atoms with Crippen molar-refractivity contribution in [3.05, 3.63) is 47.3 Å². The molecule has 0 saturated heterocycles. The number of carbonyl (C=O) groups is 2. The number of nitrogens with one attached hydrogen (secondary N) is 1. The maximum absolute atomic E-state index is 12.2. The number of carboxylic acid groups (broad SMARTS) is 1. The number of nitrogens with zero attached hydrogens (tertiary/aromatic N) is 2. The molecule has 6 nitrogen and oxygen atoms in total. The van der Waals surface area contributed by atoms with Crippen LogP contribution in [0.15, 0.2) is 30.5 Å². The molecule has 1 aromatic carbocycles. The molecule has 0 aliphatic rings. The average molecular weight is 301 g/mol. The van der Waals surface area contributed by atoms with E-state index in [1.165, 1.54) is 6.20 Å². The smallest absolute Gasteiger partial charge is 0.326 e. The van der Waals surface area contributed by atoms with Crippen LogP contribution in [0.2, 0.25) is 0 Å². The first-order chi connectivity index (χ1) is 10.4. The van der Waals surface area contributed by atoms with Crippen LogP contribution >= 0.6 is 0 Å². The highest BCUT2D eigenvalue weighted by Crippen LogP contribution is 2.15. The van der Waals surface area contributed by atoms with E-state index in [0.29, 0.717) is 17.7 Å². The van der Waals surface area contributed by atoms with E-state index in [-0.39, 0.29) is 0 Å². The number of hydrogen-bond acceptors (Lipinski definition) is 3. The van der Waals surface area contributed by atoms with Gasteiger partial charge in [0.2, 0.25) is 0 Å². The molecule has 6 heteroatoms. The fraction of sp³-hybridized carbons (Fsp3) is 0.312. The molecule has 2 N–H and O–H groups in total. The standard InChI is InChI=1S/C16H19N3O3/c1-4-14(16(21)22)18-15(20)13-9-17-19(11(13)3)12-7-5-6-10(2)8-12/h5-9,14H,4H2,1-3H3,(H,18,20)(H,21,22). The summed E-state index contributed by atoms with van der Waals surface area (Å²) < 4.78 is 1.67. The minimum atomic E-state index is -1.04. The third-order valence-electron chi connectivity index (χ3n) is 3.51. The van der Waals surface area contributed by atoms with Crippen LogP contribution < -0.4 is 5.32 Å². The molecule has 116 valence electrons. The van der Waals surface area contributed by atoms with Crippen LogP contribution in [0.25, 0.3) is 5.69 Å². The first kappa shape index (κ1) is 15.8. The van der Waals surface area contributed by atoms with Crippen molar-refractivity contribution in [2.24, 2.45) is 0 Å². The van der Waals surface area contributed by atoms with Gasteiger partial charge in [0, 0.05) is 0 Å². The van der Waals surface area contributed by atoms with Gasteiger partial charge in [-0.05, 0) is 38.0 Å². The number of amides is 1. The van der Waals surface area contributed by atoms with Crippen molar-refractivity contribution in [2.45, 2.75) is 33.2 Å². The van der Waals surface area contributed by atoms with E-state index >= 15 is 0 Å². The molecule has 1 aromatic heterocycles. The van der Waals surface area contributed by atoms with Crippen LogP contribution in [0.4, 0.5) is 0 Å². The van der Waals surface area contributed by atoms with Gasteiger partial charge in [-0.3, -0.25) is 4.79 Å². The fourth-order valence-corrected chi connectivity index (χ4v) is 2.23. The topological polar surface area (TPSA) is 84.2 Å². The molecule has 2 rings (SSSR count). The van der Waals surface area contributed by atoms with Crippen LogP contribution in [0.3, 0.4) is 0 Å². The van der Waals surface area contributed by atoms with E-state index in [9.17, 15) is 9.59 Å². The maximum atomic E-state index is 12.2. The van der Waals surface area contributed by atoms with E-state index in [1.807, 2.05) is 31.2 Å². The van der Waals surface area contributed by atoms with Crippen LogP contribution in [0.5, 0.6) is 0 Å². The van der Waals surface area contributed by atoms with E-state index in [1.54, 1.807) is 18.5 Å². The number of aliphatic carboxylic acids is 1. The van der Waals surface area contributed by atoms with Gasteiger partial charge < -0.3 is 10.4 Å². The lowest BCUT2D eigenvalue weighted by Crippen LogP contribution is -2.40. The molecule has 1 amide bonds. The van der Waals surface area contributed by atoms with Crippen molar-refractivity contribution in [2.75, 3.05) is 0 Å². The fourth-order valence-electron chi connectivity index (χ4n) is 2.23. The lowest BCUT2D eigenvalue weighted by atomic mass is 10.2. The summed E-state index contributed by atoms with van der Waals surface area (Å²) in [6, 6.07) is 6.88. The SMILES string of the molecule is CCC(NC(=O)c1cnn(-c2cccc(C)c2)c1C)C(=O)O. The first-order valence-corrected chi connectivity index (χ1v) is 7.09. The Balaban J connectivity index is 2.27. The zero-order valence-electron chi connectivity index (χ0n) is 12.8. The van der Waals surface area contributed by atoms with Gasteiger partial charge in [0.1, 0.15) is 6.04 Å². The van der Waals surface area contributed by atoms with Gasteiger partial charge in [-0.25, -0.2) is 9.48 Å². The number of benzene rings is 1. The number of hydrogen-bond donors (Lipinski definition) is 2. The van der Waals surface area contributed by atoms with Gasteiger partial charge in [0.15, 0.2) is 0 Å². The second-order valence-electron chi connectivity index (χ2n) is 5.17. The predicted molar refractivity (Wildman–Crippen MR) is 82.2 cm³/mol. The summed E-state index contributed by atoms with van der Waals surface area (Å²) in [6.07, 6.45) is 1.79. The first-order valence-electron chi connectivity index (χ1n) is 7.09. The van der Waals surface area contributed by atoms with E-state index in [4.69, 9.17) is 5.11 Å². The second kappa shape index (κ2) is 6.43. The van der Waals surface area contributed by atoms with Gasteiger partial charge >= 0.3 is 5.97 Å². The highest BCUT2D eigenvalue weighted by Gasteiger charge is 2.21. The Bertz CT molecular complexity index is 706. The monoisotopic (exact) mass is 301 g/mol. The van der Waals surface area contributed by atoms with Crippen molar-refractivity contribution < 1.29 is 14.7 Å². The van der Waals surface area contributed by atoms with Crippen LogP contribution in [-0.2, 0) is 4.79 Å². The molecule has 0 aliphatic carbocycles. The van der Waals surface area contributed by atoms with Crippen molar-refractivity contribution in [1.29, 1.82) is 0 Å². The summed E-state index contributed by atoms with van der Waals surface area (Å²) in [5, 5.41) is 15.8. The molecule has 0 bridgehead atoms. The molecular formula is C16H19N3O3. The van der Waals surface area contributed by atoms with Crippen LogP contribution in [0, 0.1) is 13.8 Å².